The summed E-state index contributed by atoms with van der Waals surface area (Å²) in [7, 11) is 3.79. The molecule has 0 amide bonds. The molecule has 0 radical (unpaired) electrons. The van der Waals surface area contributed by atoms with E-state index in [0.717, 1.165) is 39.3 Å². The highest BCUT2D eigenvalue weighted by Gasteiger charge is 2.28. The van der Waals surface area contributed by atoms with Crippen molar-refractivity contribution in [1.82, 2.24) is 15.1 Å². The van der Waals surface area contributed by atoms with E-state index in [2.05, 4.69) is 35.9 Å². The molecule has 1 heterocycles. The number of nitrogens with one attached hydrogen (secondary N) is 1. The first-order chi connectivity index (χ1) is 7.99. The summed E-state index contributed by atoms with van der Waals surface area (Å²) in [5.41, 5.74) is 0.297. The standard InChI is InChI=1S/C13H29N3O/c1-13(2,3)16-8-6-15(7-9-16)12(10-14-4)11-17-5/h12,14H,6-11H2,1-5H3. The van der Waals surface area contributed by atoms with Gasteiger partial charge in [0.25, 0.3) is 0 Å². The highest BCUT2D eigenvalue weighted by Crippen LogP contribution is 2.16. The first kappa shape index (κ1) is 14.9. The van der Waals surface area contributed by atoms with Crippen LogP contribution in [-0.4, -0.2) is 74.9 Å². The van der Waals surface area contributed by atoms with Crippen molar-refractivity contribution in [1.29, 1.82) is 0 Å². The Bertz CT molecular complexity index is 201. The molecule has 0 spiro atoms. The van der Waals surface area contributed by atoms with E-state index in [1.54, 1.807) is 7.11 Å². The fraction of sp³-hybridized carbons (Fsp3) is 1.00. The van der Waals surface area contributed by atoms with Crippen LogP contribution in [0.3, 0.4) is 0 Å². The van der Waals surface area contributed by atoms with Crippen LogP contribution >= 0.6 is 0 Å². The summed E-state index contributed by atoms with van der Waals surface area (Å²) in [5.74, 6) is 0. The van der Waals surface area contributed by atoms with Gasteiger partial charge < -0.3 is 10.1 Å². The van der Waals surface area contributed by atoms with Gasteiger partial charge >= 0.3 is 0 Å². The van der Waals surface area contributed by atoms with E-state index >= 15 is 0 Å². The quantitative estimate of drug-likeness (QED) is 0.767. The summed E-state index contributed by atoms with van der Waals surface area (Å²) in [6, 6.07) is 0.507. The molecule has 0 bridgehead atoms. The van der Waals surface area contributed by atoms with Crippen molar-refractivity contribution in [3.63, 3.8) is 0 Å². The molecule has 0 aromatic heterocycles. The van der Waals surface area contributed by atoms with Crippen molar-refractivity contribution in [2.45, 2.75) is 32.4 Å². The van der Waals surface area contributed by atoms with E-state index in [1.165, 1.54) is 0 Å². The third-order valence-corrected chi connectivity index (χ3v) is 3.58. The van der Waals surface area contributed by atoms with Crippen LogP contribution in [0.5, 0.6) is 0 Å². The molecule has 1 saturated heterocycles. The van der Waals surface area contributed by atoms with Crippen LogP contribution in [0.25, 0.3) is 0 Å². The average molecular weight is 243 g/mol. The van der Waals surface area contributed by atoms with Gasteiger partial charge in [-0.3, -0.25) is 9.80 Å². The lowest BCUT2D eigenvalue weighted by atomic mass is 10.0. The summed E-state index contributed by atoms with van der Waals surface area (Å²) in [4.78, 5) is 5.11. The summed E-state index contributed by atoms with van der Waals surface area (Å²) in [6.45, 7) is 13.3. The van der Waals surface area contributed by atoms with Gasteiger partial charge in [-0.25, -0.2) is 0 Å². The second kappa shape index (κ2) is 6.69. The number of nitrogens with zero attached hydrogens (tertiary/aromatic N) is 2. The molecule has 4 heteroatoms. The van der Waals surface area contributed by atoms with Gasteiger partial charge in [0.05, 0.1) is 6.61 Å². The molecule has 0 aromatic rings. The van der Waals surface area contributed by atoms with E-state index in [-0.39, 0.29) is 0 Å². The molecule has 1 fully saturated rings. The maximum Gasteiger partial charge on any atom is 0.0630 e. The lowest BCUT2D eigenvalue weighted by Crippen LogP contribution is -2.57. The molecule has 1 N–H and O–H groups in total. The van der Waals surface area contributed by atoms with Gasteiger partial charge in [-0.1, -0.05) is 0 Å². The predicted octanol–water partition coefficient (Wildman–Crippen LogP) is 0.637. The van der Waals surface area contributed by atoms with Crippen LogP contribution in [0, 0.1) is 0 Å². The molecule has 0 aromatic carbocycles. The van der Waals surface area contributed by atoms with Gasteiger partial charge in [-0.15, -0.1) is 0 Å². The van der Waals surface area contributed by atoms with Gasteiger partial charge in [0.15, 0.2) is 0 Å². The highest BCUT2D eigenvalue weighted by atomic mass is 16.5. The molecular formula is C13H29N3O. The molecule has 17 heavy (non-hydrogen) atoms. The van der Waals surface area contributed by atoms with Crippen LogP contribution in [0.2, 0.25) is 0 Å². The van der Waals surface area contributed by atoms with Crippen LogP contribution in [0.1, 0.15) is 20.8 Å². The van der Waals surface area contributed by atoms with Crippen LogP contribution in [0.4, 0.5) is 0 Å². The second-order valence-corrected chi connectivity index (χ2v) is 5.86. The zero-order chi connectivity index (χ0) is 12.9. The SMILES string of the molecule is CNCC(COC)N1CCN(C(C)(C)C)CC1. The third kappa shape index (κ3) is 4.54. The monoisotopic (exact) mass is 243 g/mol. The largest absolute Gasteiger partial charge is 0.383 e. The van der Waals surface area contributed by atoms with Crippen molar-refractivity contribution < 1.29 is 4.74 Å². The fourth-order valence-electron chi connectivity index (χ4n) is 2.48. The molecule has 102 valence electrons. The Morgan fingerprint density at radius 1 is 1.18 bits per heavy atom. The maximum atomic E-state index is 5.31. The fourth-order valence-corrected chi connectivity index (χ4v) is 2.48. The predicted molar refractivity (Wildman–Crippen MR) is 72.5 cm³/mol. The Hall–Kier alpha value is -0.160. The smallest absolute Gasteiger partial charge is 0.0630 e. The zero-order valence-electron chi connectivity index (χ0n) is 12.1. The minimum Gasteiger partial charge on any atom is -0.383 e. The van der Waals surface area contributed by atoms with Crippen LogP contribution in [-0.2, 0) is 4.74 Å². The molecule has 1 rings (SSSR count). The Morgan fingerprint density at radius 2 is 1.76 bits per heavy atom. The summed E-state index contributed by atoms with van der Waals surface area (Å²) < 4.78 is 5.31. The van der Waals surface area contributed by atoms with Crippen molar-refractivity contribution in [3.8, 4) is 0 Å². The topological polar surface area (TPSA) is 27.7 Å². The molecule has 0 saturated carbocycles. The normalized spacial score (nSPS) is 21.7. The summed E-state index contributed by atoms with van der Waals surface area (Å²) in [5, 5.41) is 3.26. The number of methoxy groups -OCH3 is 1. The average Bonchev–Trinajstić information content (AvgIpc) is 2.28. The molecule has 1 atom stereocenters. The minimum atomic E-state index is 0.297. The number of likely N-dealkylation sites (N-methyl/N-ethyl adjacent to an activating group) is 1. The minimum absolute atomic E-state index is 0.297. The molecular weight excluding hydrogens is 214 g/mol. The van der Waals surface area contributed by atoms with Crippen molar-refractivity contribution in [2.75, 3.05) is 53.5 Å². The van der Waals surface area contributed by atoms with Crippen molar-refractivity contribution >= 4 is 0 Å². The van der Waals surface area contributed by atoms with E-state index in [1.807, 2.05) is 7.05 Å². The number of hydrogen-bond donors (Lipinski definition) is 1. The number of ether oxygens (including phenoxy) is 1. The molecule has 4 nitrogen and oxygen atoms in total. The Balaban J connectivity index is 2.43. The zero-order valence-corrected chi connectivity index (χ0v) is 12.1. The number of rotatable bonds is 5. The lowest BCUT2D eigenvalue weighted by Gasteiger charge is -2.44. The maximum absolute atomic E-state index is 5.31. The first-order valence-electron chi connectivity index (χ1n) is 6.61. The summed E-state index contributed by atoms with van der Waals surface area (Å²) in [6.07, 6.45) is 0. The Labute approximate surface area is 106 Å². The van der Waals surface area contributed by atoms with E-state index in [0.29, 0.717) is 11.6 Å². The Kier molecular flexibility index (Phi) is 5.86. The van der Waals surface area contributed by atoms with Crippen LogP contribution < -0.4 is 5.32 Å². The second-order valence-electron chi connectivity index (χ2n) is 5.86. The van der Waals surface area contributed by atoms with Gasteiger partial charge in [0, 0.05) is 51.4 Å². The van der Waals surface area contributed by atoms with Gasteiger partial charge in [-0.05, 0) is 27.8 Å². The highest BCUT2D eigenvalue weighted by molar-refractivity contribution is 4.85. The van der Waals surface area contributed by atoms with Gasteiger partial charge in [-0.2, -0.15) is 0 Å². The number of piperazine rings is 1. The third-order valence-electron chi connectivity index (χ3n) is 3.58. The van der Waals surface area contributed by atoms with Crippen molar-refractivity contribution in [2.24, 2.45) is 0 Å². The summed E-state index contributed by atoms with van der Waals surface area (Å²) >= 11 is 0. The Morgan fingerprint density at radius 3 is 2.18 bits per heavy atom. The van der Waals surface area contributed by atoms with Crippen LogP contribution in [0.15, 0.2) is 0 Å². The molecule has 1 aliphatic heterocycles. The van der Waals surface area contributed by atoms with E-state index < -0.39 is 0 Å². The molecule has 1 aliphatic rings. The van der Waals surface area contributed by atoms with Crippen molar-refractivity contribution in [3.05, 3.63) is 0 Å². The molecule has 0 aliphatic carbocycles. The van der Waals surface area contributed by atoms with Gasteiger partial charge in [0.1, 0.15) is 0 Å². The lowest BCUT2D eigenvalue weighted by molar-refractivity contribution is 0.0195. The van der Waals surface area contributed by atoms with E-state index in [4.69, 9.17) is 4.74 Å². The molecule has 1 unspecified atom stereocenters. The van der Waals surface area contributed by atoms with Gasteiger partial charge in [0.2, 0.25) is 0 Å². The number of hydrogen-bond acceptors (Lipinski definition) is 4. The first-order valence-corrected chi connectivity index (χ1v) is 6.61. The van der Waals surface area contributed by atoms with E-state index in [9.17, 15) is 0 Å².